The van der Waals surface area contributed by atoms with Crippen LogP contribution in [0.1, 0.15) is 50.7 Å². The van der Waals surface area contributed by atoms with E-state index < -0.39 is 21.5 Å². The topological polar surface area (TPSA) is 122 Å². The van der Waals surface area contributed by atoms with Crippen molar-refractivity contribution < 1.29 is 23.4 Å². The Morgan fingerprint density at radius 2 is 1.90 bits per heavy atom. The van der Waals surface area contributed by atoms with Gasteiger partial charge in [0.05, 0.1) is 17.2 Å². The lowest BCUT2D eigenvalue weighted by atomic mass is 10.1. The predicted octanol–water partition coefficient (Wildman–Crippen LogP) is 2.56. The van der Waals surface area contributed by atoms with Crippen molar-refractivity contribution in [1.82, 2.24) is 14.3 Å². The monoisotopic (exact) mass is 443 g/mol. The minimum atomic E-state index is -3.99. The molecule has 0 bridgehead atoms. The van der Waals surface area contributed by atoms with Crippen LogP contribution in [-0.2, 0) is 34.4 Å². The normalized spacial score (nSPS) is 12.3. The van der Waals surface area contributed by atoms with Crippen LogP contribution < -0.4 is 4.72 Å². The van der Waals surface area contributed by atoms with E-state index >= 15 is 0 Å². The van der Waals surface area contributed by atoms with Crippen LogP contribution >= 0.6 is 11.6 Å². The highest BCUT2D eigenvalue weighted by Gasteiger charge is 2.33. The summed E-state index contributed by atoms with van der Waals surface area (Å²) in [6.07, 6.45) is 2.64. The highest BCUT2D eigenvalue weighted by Crippen LogP contribution is 2.22. The fraction of sp³-hybridized carbons (Fsp3) is 0.474. The van der Waals surface area contributed by atoms with Gasteiger partial charge in [-0.05, 0) is 38.0 Å². The van der Waals surface area contributed by atoms with Gasteiger partial charge >= 0.3 is 5.97 Å². The van der Waals surface area contributed by atoms with Crippen molar-refractivity contribution in [2.24, 2.45) is 0 Å². The number of imidazole rings is 1. The molecule has 0 atom stereocenters. The maximum Gasteiger partial charge on any atom is 0.324 e. The number of aliphatic hydroxyl groups excluding tert-OH is 1. The second-order valence-corrected chi connectivity index (χ2v) is 9.33. The summed E-state index contributed by atoms with van der Waals surface area (Å²) < 4.78 is 28.9. The molecule has 0 amide bonds. The molecule has 0 saturated heterocycles. The Kier molecular flexibility index (Phi) is 7.45. The summed E-state index contributed by atoms with van der Waals surface area (Å²) in [6, 6.07) is 6.11. The molecule has 0 unspecified atom stereocenters. The number of aliphatic hydroxyl groups is 1. The Balaban J connectivity index is 2.27. The standard InChI is InChI=1S/C19H26ClN3O5S/c1-4-5-6-16-21-17(20)15(12-24)23(16)11-13-7-9-14(10-8-13)29(27,28)22-19(2,3)18(25)26/h7-10,22,24H,4-6,11-12H2,1-3H3,(H,25,26). The first-order valence-electron chi connectivity index (χ1n) is 9.22. The maximum absolute atomic E-state index is 12.5. The first kappa shape index (κ1) is 23.3. The number of rotatable bonds is 10. The Hall–Kier alpha value is -1.94. The van der Waals surface area contributed by atoms with Crippen LogP contribution in [0.3, 0.4) is 0 Å². The molecule has 1 heterocycles. The summed E-state index contributed by atoms with van der Waals surface area (Å²) in [5, 5.41) is 19.0. The molecule has 0 saturated carbocycles. The van der Waals surface area contributed by atoms with E-state index in [0.29, 0.717) is 12.2 Å². The van der Waals surface area contributed by atoms with E-state index in [4.69, 9.17) is 16.7 Å². The largest absolute Gasteiger partial charge is 0.480 e. The van der Waals surface area contributed by atoms with E-state index in [1.807, 2.05) is 4.57 Å². The molecule has 8 nitrogen and oxygen atoms in total. The molecule has 0 aliphatic heterocycles. The number of halogens is 1. The van der Waals surface area contributed by atoms with Crippen molar-refractivity contribution >= 4 is 27.6 Å². The number of nitrogens with zero attached hydrogens (tertiary/aromatic N) is 2. The second-order valence-electron chi connectivity index (χ2n) is 7.29. The van der Waals surface area contributed by atoms with E-state index in [9.17, 15) is 18.3 Å². The van der Waals surface area contributed by atoms with Gasteiger partial charge in [-0.3, -0.25) is 4.79 Å². The number of carboxylic acids is 1. The van der Waals surface area contributed by atoms with Crippen LogP contribution in [0.2, 0.25) is 5.15 Å². The lowest BCUT2D eigenvalue weighted by molar-refractivity contribution is -0.142. The molecular weight excluding hydrogens is 418 g/mol. The number of aliphatic carboxylic acids is 1. The van der Waals surface area contributed by atoms with Gasteiger partial charge in [-0.15, -0.1) is 0 Å². The third-order valence-electron chi connectivity index (χ3n) is 4.50. The van der Waals surface area contributed by atoms with Crippen LogP contribution in [0.15, 0.2) is 29.2 Å². The number of carboxylic acid groups (broad SMARTS) is 1. The van der Waals surface area contributed by atoms with Gasteiger partial charge in [-0.25, -0.2) is 13.4 Å². The minimum Gasteiger partial charge on any atom is -0.480 e. The van der Waals surface area contributed by atoms with Crippen LogP contribution in [0.25, 0.3) is 0 Å². The van der Waals surface area contributed by atoms with Gasteiger partial charge in [0.15, 0.2) is 5.15 Å². The predicted molar refractivity (Wildman–Crippen MR) is 109 cm³/mol. The van der Waals surface area contributed by atoms with E-state index in [1.165, 1.54) is 26.0 Å². The van der Waals surface area contributed by atoms with Crippen LogP contribution in [0, 0.1) is 0 Å². The summed E-state index contributed by atoms with van der Waals surface area (Å²) in [6.45, 7) is 4.75. The number of carbonyl (C=O) groups is 1. The highest BCUT2D eigenvalue weighted by atomic mass is 35.5. The van der Waals surface area contributed by atoms with Crippen LogP contribution in [0.5, 0.6) is 0 Å². The zero-order valence-corrected chi connectivity index (χ0v) is 18.2. The Bertz CT molecular complexity index is 968. The summed E-state index contributed by atoms with van der Waals surface area (Å²) in [5.41, 5.74) is -0.322. The van der Waals surface area contributed by atoms with E-state index in [0.717, 1.165) is 30.7 Å². The number of aromatic nitrogens is 2. The molecule has 0 aliphatic rings. The van der Waals surface area contributed by atoms with Gasteiger partial charge in [0.2, 0.25) is 10.0 Å². The molecule has 29 heavy (non-hydrogen) atoms. The average molecular weight is 444 g/mol. The maximum atomic E-state index is 12.5. The number of hydrogen-bond acceptors (Lipinski definition) is 5. The number of hydrogen-bond donors (Lipinski definition) is 3. The fourth-order valence-electron chi connectivity index (χ4n) is 2.76. The van der Waals surface area contributed by atoms with Gasteiger partial charge < -0.3 is 14.8 Å². The second kappa shape index (κ2) is 9.25. The minimum absolute atomic E-state index is 0.0344. The van der Waals surface area contributed by atoms with Crippen LogP contribution in [-0.4, -0.2) is 39.7 Å². The summed E-state index contributed by atoms with van der Waals surface area (Å²) in [7, 11) is -3.99. The number of unbranched alkanes of at least 4 members (excludes halogenated alkanes) is 1. The first-order valence-corrected chi connectivity index (χ1v) is 11.1. The zero-order valence-electron chi connectivity index (χ0n) is 16.6. The van der Waals surface area contributed by atoms with E-state index in [2.05, 4.69) is 16.6 Å². The van der Waals surface area contributed by atoms with Crippen molar-refractivity contribution in [2.75, 3.05) is 0 Å². The molecule has 3 N–H and O–H groups in total. The summed E-state index contributed by atoms with van der Waals surface area (Å²) in [4.78, 5) is 15.5. The van der Waals surface area contributed by atoms with Crippen molar-refractivity contribution in [1.29, 1.82) is 0 Å². The number of nitrogens with one attached hydrogen (secondary N) is 1. The molecular formula is C19H26ClN3O5S. The van der Waals surface area contributed by atoms with Gasteiger partial charge in [0.25, 0.3) is 0 Å². The molecule has 0 aliphatic carbocycles. The molecule has 2 rings (SSSR count). The number of benzene rings is 1. The van der Waals surface area contributed by atoms with Gasteiger partial charge in [-0.1, -0.05) is 37.1 Å². The summed E-state index contributed by atoms with van der Waals surface area (Å²) >= 11 is 6.14. The first-order chi connectivity index (χ1) is 13.5. The quantitative estimate of drug-likeness (QED) is 0.518. The third-order valence-corrected chi connectivity index (χ3v) is 6.48. The molecule has 1 aromatic carbocycles. The molecule has 0 radical (unpaired) electrons. The fourth-order valence-corrected chi connectivity index (χ4v) is 4.39. The molecule has 0 fully saturated rings. The summed E-state index contributed by atoms with van der Waals surface area (Å²) in [5.74, 6) is -0.506. The Morgan fingerprint density at radius 3 is 2.41 bits per heavy atom. The average Bonchev–Trinajstić information content (AvgIpc) is 2.93. The van der Waals surface area contributed by atoms with Crippen molar-refractivity contribution in [2.45, 2.75) is 63.6 Å². The lowest BCUT2D eigenvalue weighted by Crippen LogP contribution is -2.49. The van der Waals surface area contributed by atoms with Crippen LogP contribution in [0.4, 0.5) is 0 Å². The third kappa shape index (κ3) is 5.57. The Morgan fingerprint density at radius 1 is 1.28 bits per heavy atom. The van der Waals surface area contributed by atoms with Crippen molar-refractivity contribution in [3.05, 3.63) is 46.5 Å². The van der Waals surface area contributed by atoms with Gasteiger partial charge in [0, 0.05) is 13.0 Å². The zero-order chi connectivity index (χ0) is 21.8. The van der Waals surface area contributed by atoms with Crippen molar-refractivity contribution in [3.63, 3.8) is 0 Å². The molecule has 0 spiro atoms. The smallest absolute Gasteiger partial charge is 0.324 e. The molecule has 1 aromatic heterocycles. The molecule has 2 aromatic rings. The lowest BCUT2D eigenvalue weighted by Gasteiger charge is -2.21. The van der Waals surface area contributed by atoms with E-state index in [-0.39, 0.29) is 16.7 Å². The van der Waals surface area contributed by atoms with Gasteiger partial charge in [-0.2, -0.15) is 4.72 Å². The Labute approximate surface area is 175 Å². The highest BCUT2D eigenvalue weighted by molar-refractivity contribution is 7.89. The van der Waals surface area contributed by atoms with Crippen molar-refractivity contribution in [3.8, 4) is 0 Å². The number of sulfonamides is 1. The van der Waals surface area contributed by atoms with Gasteiger partial charge in [0.1, 0.15) is 11.4 Å². The molecule has 10 heteroatoms. The van der Waals surface area contributed by atoms with E-state index in [1.54, 1.807) is 12.1 Å². The number of aryl methyl sites for hydroxylation is 1. The molecule has 160 valence electrons. The SMILES string of the molecule is CCCCc1nc(Cl)c(CO)n1Cc1ccc(S(=O)(=O)NC(C)(C)C(=O)O)cc1.